The Morgan fingerprint density at radius 1 is 1.13 bits per heavy atom. The molecule has 0 radical (unpaired) electrons. The summed E-state index contributed by atoms with van der Waals surface area (Å²) in [6.45, 7) is 3.87. The minimum absolute atomic E-state index is 0.225. The van der Waals surface area contributed by atoms with Gasteiger partial charge >= 0.3 is 5.97 Å². The summed E-state index contributed by atoms with van der Waals surface area (Å²) in [5.41, 5.74) is 2.35. The molecule has 4 heteroatoms. The molecule has 0 amide bonds. The van der Waals surface area contributed by atoms with Crippen molar-refractivity contribution in [1.82, 2.24) is 0 Å². The van der Waals surface area contributed by atoms with Crippen LogP contribution in [0.15, 0.2) is 48.5 Å². The second-order valence-electron chi connectivity index (χ2n) is 4.96. The van der Waals surface area contributed by atoms with Crippen molar-refractivity contribution >= 4 is 17.8 Å². The molecule has 0 aliphatic heterocycles. The van der Waals surface area contributed by atoms with E-state index < -0.39 is 11.8 Å². The number of carbonyl (C=O) groups excluding carboxylic acids is 2. The molecule has 0 aromatic heterocycles. The largest absolute Gasteiger partial charge is 0.463 e. The van der Waals surface area contributed by atoms with Gasteiger partial charge in [0.05, 0.1) is 6.61 Å². The van der Waals surface area contributed by atoms with Gasteiger partial charge in [-0.1, -0.05) is 18.2 Å². The Bertz CT molecular complexity index is 746. The van der Waals surface area contributed by atoms with Crippen LogP contribution in [0, 0.1) is 12.7 Å². The van der Waals surface area contributed by atoms with Gasteiger partial charge in [0.25, 0.3) is 0 Å². The van der Waals surface area contributed by atoms with Crippen LogP contribution >= 0.6 is 0 Å². The smallest absolute Gasteiger partial charge is 0.330 e. The summed E-state index contributed by atoms with van der Waals surface area (Å²) in [7, 11) is 0. The zero-order valence-corrected chi connectivity index (χ0v) is 13.0. The summed E-state index contributed by atoms with van der Waals surface area (Å²) in [6.07, 6.45) is 2.87. The molecule has 0 bridgehead atoms. The Morgan fingerprint density at radius 3 is 2.48 bits per heavy atom. The molecule has 0 saturated carbocycles. The summed E-state index contributed by atoms with van der Waals surface area (Å²) < 4.78 is 17.9. The summed E-state index contributed by atoms with van der Waals surface area (Å²) in [5, 5.41) is 0. The first-order valence-electron chi connectivity index (χ1n) is 7.27. The van der Waals surface area contributed by atoms with Crippen molar-refractivity contribution in [2.24, 2.45) is 0 Å². The van der Waals surface area contributed by atoms with Crippen LogP contribution in [-0.4, -0.2) is 18.4 Å². The van der Waals surface area contributed by atoms with Crippen molar-refractivity contribution < 1.29 is 18.7 Å². The van der Waals surface area contributed by atoms with E-state index in [1.54, 1.807) is 25.1 Å². The molecule has 0 unspecified atom stereocenters. The van der Waals surface area contributed by atoms with E-state index in [9.17, 15) is 14.0 Å². The van der Waals surface area contributed by atoms with Gasteiger partial charge in [0.15, 0.2) is 5.78 Å². The van der Waals surface area contributed by atoms with Crippen molar-refractivity contribution in [3.05, 3.63) is 76.6 Å². The lowest BCUT2D eigenvalue weighted by molar-refractivity contribution is -0.137. The van der Waals surface area contributed by atoms with Crippen molar-refractivity contribution in [2.45, 2.75) is 13.8 Å². The number of ether oxygens (including phenoxy) is 1. The maximum absolute atomic E-state index is 13.0. The Balaban J connectivity index is 2.39. The van der Waals surface area contributed by atoms with Crippen molar-refractivity contribution in [3.8, 4) is 0 Å². The number of esters is 1. The van der Waals surface area contributed by atoms with Gasteiger partial charge in [-0.15, -0.1) is 0 Å². The molecule has 3 nitrogen and oxygen atoms in total. The third kappa shape index (κ3) is 4.13. The minimum Gasteiger partial charge on any atom is -0.463 e. The van der Waals surface area contributed by atoms with E-state index in [0.29, 0.717) is 16.7 Å². The third-order valence-corrected chi connectivity index (χ3v) is 3.35. The van der Waals surface area contributed by atoms with E-state index in [-0.39, 0.29) is 12.4 Å². The first-order chi connectivity index (χ1) is 11.0. The second kappa shape index (κ2) is 7.49. The molecule has 0 fully saturated rings. The van der Waals surface area contributed by atoms with Gasteiger partial charge in [-0.2, -0.15) is 0 Å². The van der Waals surface area contributed by atoms with Crippen LogP contribution in [0.2, 0.25) is 0 Å². The Morgan fingerprint density at radius 2 is 1.83 bits per heavy atom. The summed E-state index contributed by atoms with van der Waals surface area (Å²) in [5.74, 6) is -1.08. The lowest BCUT2D eigenvalue weighted by Gasteiger charge is -2.08. The van der Waals surface area contributed by atoms with E-state index in [2.05, 4.69) is 0 Å². The maximum Gasteiger partial charge on any atom is 0.330 e. The lowest BCUT2D eigenvalue weighted by Crippen LogP contribution is -2.05. The van der Waals surface area contributed by atoms with Crippen LogP contribution in [0.5, 0.6) is 0 Å². The summed E-state index contributed by atoms with van der Waals surface area (Å²) in [4.78, 5) is 24.1. The molecule has 0 spiro atoms. The molecular weight excluding hydrogens is 295 g/mol. The number of carbonyl (C=O) groups is 2. The van der Waals surface area contributed by atoms with Crippen LogP contribution in [0.4, 0.5) is 4.39 Å². The molecule has 2 aromatic carbocycles. The fraction of sp³-hybridized carbons (Fsp3) is 0.158. The average molecular weight is 312 g/mol. The number of aryl methyl sites for hydroxylation is 1. The molecule has 0 aliphatic carbocycles. The van der Waals surface area contributed by atoms with Gasteiger partial charge in [-0.05, 0) is 55.3 Å². The predicted molar refractivity (Wildman–Crippen MR) is 86.7 cm³/mol. The quantitative estimate of drug-likeness (QED) is 0.477. The maximum atomic E-state index is 13.0. The van der Waals surface area contributed by atoms with Crippen LogP contribution < -0.4 is 0 Å². The van der Waals surface area contributed by atoms with Gasteiger partial charge < -0.3 is 4.74 Å². The number of hydrogen-bond donors (Lipinski definition) is 0. The average Bonchev–Trinajstić information content (AvgIpc) is 2.54. The summed E-state index contributed by atoms with van der Waals surface area (Å²) >= 11 is 0. The number of ketones is 1. The van der Waals surface area contributed by atoms with Gasteiger partial charge in [0, 0.05) is 17.2 Å². The van der Waals surface area contributed by atoms with E-state index in [1.165, 1.54) is 30.3 Å². The van der Waals surface area contributed by atoms with Gasteiger partial charge in [0.2, 0.25) is 0 Å². The fourth-order valence-corrected chi connectivity index (χ4v) is 2.20. The predicted octanol–water partition coefficient (Wildman–Crippen LogP) is 3.94. The highest BCUT2D eigenvalue weighted by Crippen LogP contribution is 2.20. The van der Waals surface area contributed by atoms with E-state index in [0.717, 1.165) is 5.56 Å². The van der Waals surface area contributed by atoms with Crippen molar-refractivity contribution in [2.75, 3.05) is 6.61 Å². The third-order valence-electron chi connectivity index (χ3n) is 3.35. The molecule has 0 heterocycles. The highest BCUT2D eigenvalue weighted by atomic mass is 19.1. The SMILES string of the molecule is CCOC(=O)/C=C/c1c(C)cccc1C(=O)c1ccc(F)cc1. The van der Waals surface area contributed by atoms with Crippen LogP contribution in [0.1, 0.15) is 34.0 Å². The first-order valence-corrected chi connectivity index (χ1v) is 7.27. The lowest BCUT2D eigenvalue weighted by atomic mass is 9.95. The van der Waals surface area contributed by atoms with Crippen molar-refractivity contribution in [3.63, 3.8) is 0 Å². The summed E-state index contributed by atoms with van der Waals surface area (Å²) in [6, 6.07) is 10.7. The molecule has 2 rings (SSSR count). The first kappa shape index (κ1) is 16.6. The number of rotatable bonds is 5. The van der Waals surface area contributed by atoms with Gasteiger partial charge in [0.1, 0.15) is 5.82 Å². The molecule has 0 aliphatic rings. The topological polar surface area (TPSA) is 43.4 Å². The molecule has 0 saturated heterocycles. The zero-order valence-electron chi connectivity index (χ0n) is 13.0. The van der Waals surface area contributed by atoms with E-state index in [1.807, 2.05) is 13.0 Å². The normalized spacial score (nSPS) is 10.7. The fourth-order valence-electron chi connectivity index (χ4n) is 2.20. The molecule has 0 N–H and O–H groups in total. The number of hydrogen-bond acceptors (Lipinski definition) is 3. The highest BCUT2D eigenvalue weighted by molar-refractivity contribution is 6.11. The standard InChI is InChI=1S/C19H17FO3/c1-3-23-18(21)12-11-16-13(2)5-4-6-17(16)19(22)14-7-9-15(20)10-8-14/h4-12H,3H2,1-2H3/b12-11+. The minimum atomic E-state index is -0.462. The highest BCUT2D eigenvalue weighted by Gasteiger charge is 2.14. The van der Waals surface area contributed by atoms with E-state index >= 15 is 0 Å². The van der Waals surface area contributed by atoms with Crippen LogP contribution in [0.3, 0.4) is 0 Å². The van der Waals surface area contributed by atoms with Crippen molar-refractivity contribution in [1.29, 1.82) is 0 Å². The van der Waals surface area contributed by atoms with Crippen LogP contribution in [0.25, 0.3) is 6.08 Å². The Hall–Kier alpha value is -2.75. The molecule has 23 heavy (non-hydrogen) atoms. The van der Waals surface area contributed by atoms with Crippen LogP contribution in [-0.2, 0) is 9.53 Å². The van der Waals surface area contributed by atoms with Gasteiger partial charge in [-0.3, -0.25) is 4.79 Å². The Labute approximate surface area is 134 Å². The number of halogens is 1. The van der Waals surface area contributed by atoms with Gasteiger partial charge in [-0.25, -0.2) is 9.18 Å². The molecule has 2 aromatic rings. The molecule has 118 valence electrons. The number of benzene rings is 2. The molecular formula is C19H17FO3. The zero-order chi connectivity index (χ0) is 16.8. The van der Waals surface area contributed by atoms with E-state index in [4.69, 9.17) is 4.74 Å². The Kier molecular flexibility index (Phi) is 5.41. The monoisotopic (exact) mass is 312 g/mol. The second-order valence-corrected chi connectivity index (χ2v) is 4.96. The molecule has 0 atom stereocenters.